The molecular formula is C19H22ClN3O4. The van der Waals surface area contributed by atoms with Crippen molar-refractivity contribution in [3.8, 4) is 5.75 Å². The largest absolute Gasteiger partial charge is 0.490 e. The summed E-state index contributed by atoms with van der Waals surface area (Å²) in [7, 11) is 0. The van der Waals surface area contributed by atoms with Gasteiger partial charge < -0.3 is 15.2 Å². The predicted octanol–water partition coefficient (Wildman–Crippen LogP) is 3.93. The number of carboxylic acids is 1. The summed E-state index contributed by atoms with van der Waals surface area (Å²) >= 11 is 6.06. The molecule has 7 nitrogen and oxygen atoms in total. The van der Waals surface area contributed by atoms with Crippen LogP contribution >= 0.6 is 11.6 Å². The lowest BCUT2D eigenvalue weighted by molar-refractivity contribution is -0.146. The van der Waals surface area contributed by atoms with E-state index in [0.717, 1.165) is 25.7 Å². The van der Waals surface area contributed by atoms with E-state index in [0.29, 0.717) is 22.0 Å². The van der Waals surface area contributed by atoms with Crippen LogP contribution in [0.5, 0.6) is 5.75 Å². The number of nitrogens with zero attached hydrogens (tertiary/aromatic N) is 2. The van der Waals surface area contributed by atoms with Crippen LogP contribution in [0.2, 0.25) is 5.02 Å². The third kappa shape index (κ3) is 4.24. The molecule has 1 aromatic heterocycles. The van der Waals surface area contributed by atoms with E-state index < -0.39 is 17.4 Å². The zero-order valence-electron chi connectivity index (χ0n) is 15.2. The van der Waals surface area contributed by atoms with E-state index in [2.05, 4.69) is 10.4 Å². The van der Waals surface area contributed by atoms with Crippen molar-refractivity contribution in [1.82, 2.24) is 9.78 Å². The number of rotatable bonds is 6. The Hall–Kier alpha value is -2.54. The molecule has 1 saturated carbocycles. The number of nitrogens with one attached hydrogen (secondary N) is 1. The second kappa shape index (κ2) is 7.60. The van der Waals surface area contributed by atoms with Gasteiger partial charge in [0.25, 0.3) is 5.91 Å². The third-order valence-corrected chi connectivity index (χ3v) is 4.95. The second-order valence-corrected chi connectivity index (χ2v) is 7.59. The summed E-state index contributed by atoms with van der Waals surface area (Å²) in [5, 5.41) is 16.5. The minimum absolute atomic E-state index is 0.108. The van der Waals surface area contributed by atoms with Gasteiger partial charge in [-0.05, 0) is 57.7 Å². The van der Waals surface area contributed by atoms with Gasteiger partial charge in [-0.1, -0.05) is 11.6 Å². The number of carbonyl (C=O) groups is 2. The number of amides is 1. The SMILES string of the molecule is CC(C)(C(=O)O)n1cc(NC(=O)c2cc(Cl)ccc2OC2CCCC2)cn1. The minimum atomic E-state index is -1.23. The fraction of sp³-hybridized carbons (Fsp3) is 0.421. The lowest BCUT2D eigenvalue weighted by Crippen LogP contribution is -2.35. The summed E-state index contributed by atoms with van der Waals surface area (Å²) in [6, 6.07) is 4.95. The Bertz CT molecular complexity index is 856. The molecule has 0 aliphatic heterocycles. The Morgan fingerprint density at radius 1 is 1.33 bits per heavy atom. The number of aliphatic carboxylic acids is 1. The Kier molecular flexibility index (Phi) is 5.41. The van der Waals surface area contributed by atoms with E-state index in [1.165, 1.54) is 30.9 Å². The van der Waals surface area contributed by atoms with E-state index in [1.54, 1.807) is 18.2 Å². The van der Waals surface area contributed by atoms with Crippen molar-refractivity contribution >= 4 is 29.2 Å². The summed E-state index contributed by atoms with van der Waals surface area (Å²) in [6.45, 7) is 3.05. The maximum absolute atomic E-state index is 12.8. The first-order valence-electron chi connectivity index (χ1n) is 8.83. The maximum Gasteiger partial charge on any atom is 0.331 e. The van der Waals surface area contributed by atoms with Gasteiger partial charge in [-0.2, -0.15) is 5.10 Å². The number of aromatic nitrogens is 2. The summed E-state index contributed by atoms with van der Waals surface area (Å²) in [4.78, 5) is 24.1. The highest BCUT2D eigenvalue weighted by Gasteiger charge is 2.30. The molecule has 0 atom stereocenters. The van der Waals surface area contributed by atoms with Crippen LogP contribution in [0.3, 0.4) is 0 Å². The topological polar surface area (TPSA) is 93.5 Å². The molecule has 0 bridgehead atoms. The van der Waals surface area contributed by atoms with E-state index in [-0.39, 0.29) is 6.10 Å². The summed E-state index contributed by atoms with van der Waals surface area (Å²) < 4.78 is 7.28. The summed E-state index contributed by atoms with van der Waals surface area (Å²) in [5.41, 5.74) is -0.503. The fourth-order valence-corrected chi connectivity index (χ4v) is 3.13. The Labute approximate surface area is 162 Å². The number of ether oxygens (including phenoxy) is 1. The molecule has 3 rings (SSSR count). The van der Waals surface area contributed by atoms with Crippen LogP contribution in [0.15, 0.2) is 30.6 Å². The van der Waals surface area contributed by atoms with Crippen molar-refractivity contribution < 1.29 is 19.4 Å². The van der Waals surface area contributed by atoms with Crippen molar-refractivity contribution in [2.24, 2.45) is 0 Å². The molecule has 27 heavy (non-hydrogen) atoms. The smallest absolute Gasteiger partial charge is 0.331 e. The zero-order chi connectivity index (χ0) is 19.6. The van der Waals surface area contributed by atoms with E-state index in [9.17, 15) is 14.7 Å². The van der Waals surface area contributed by atoms with Crippen LogP contribution < -0.4 is 10.1 Å². The summed E-state index contributed by atoms with van der Waals surface area (Å²) in [6.07, 6.45) is 7.19. The molecule has 0 radical (unpaired) electrons. The average molecular weight is 392 g/mol. The number of carbonyl (C=O) groups excluding carboxylic acids is 1. The van der Waals surface area contributed by atoms with Crippen LogP contribution in [0.4, 0.5) is 5.69 Å². The van der Waals surface area contributed by atoms with Crippen molar-refractivity contribution in [1.29, 1.82) is 0 Å². The van der Waals surface area contributed by atoms with Crippen molar-refractivity contribution in [2.45, 2.75) is 51.2 Å². The molecule has 1 aliphatic carbocycles. The van der Waals surface area contributed by atoms with Crippen LogP contribution in [0.1, 0.15) is 49.9 Å². The molecule has 0 unspecified atom stereocenters. The monoisotopic (exact) mass is 391 g/mol. The quantitative estimate of drug-likeness (QED) is 0.778. The number of benzene rings is 1. The minimum Gasteiger partial charge on any atom is -0.490 e. The van der Waals surface area contributed by atoms with Gasteiger partial charge in [0, 0.05) is 11.2 Å². The standard InChI is InChI=1S/C19H22ClN3O4/c1-19(2,18(25)26)23-11-13(10-21-23)22-17(24)15-9-12(20)7-8-16(15)27-14-5-3-4-6-14/h7-11,14H,3-6H2,1-2H3,(H,22,24)(H,25,26). The molecule has 2 N–H and O–H groups in total. The molecule has 144 valence electrons. The van der Waals surface area contributed by atoms with E-state index in [1.807, 2.05) is 0 Å². The predicted molar refractivity (Wildman–Crippen MR) is 101 cm³/mol. The maximum atomic E-state index is 12.8. The van der Waals surface area contributed by atoms with Crippen molar-refractivity contribution in [2.75, 3.05) is 5.32 Å². The number of carboxylic acid groups (broad SMARTS) is 1. The lowest BCUT2D eigenvalue weighted by Gasteiger charge is -2.19. The number of anilines is 1. The molecule has 1 aliphatic rings. The van der Waals surface area contributed by atoms with Crippen LogP contribution in [0, 0.1) is 0 Å². The van der Waals surface area contributed by atoms with Crippen LogP contribution in [-0.4, -0.2) is 32.9 Å². The second-order valence-electron chi connectivity index (χ2n) is 7.16. The Morgan fingerprint density at radius 3 is 2.70 bits per heavy atom. The summed E-state index contributed by atoms with van der Waals surface area (Å²) in [5.74, 6) is -0.925. The van der Waals surface area contributed by atoms with E-state index >= 15 is 0 Å². The van der Waals surface area contributed by atoms with Crippen LogP contribution in [-0.2, 0) is 10.3 Å². The molecule has 1 amide bonds. The van der Waals surface area contributed by atoms with Gasteiger partial charge >= 0.3 is 5.97 Å². The van der Waals surface area contributed by atoms with Gasteiger partial charge in [0.2, 0.25) is 0 Å². The molecule has 1 fully saturated rings. The number of halogens is 1. The molecular weight excluding hydrogens is 370 g/mol. The molecule has 1 aromatic carbocycles. The zero-order valence-corrected chi connectivity index (χ0v) is 16.0. The van der Waals surface area contributed by atoms with Crippen LogP contribution in [0.25, 0.3) is 0 Å². The lowest BCUT2D eigenvalue weighted by atomic mass is 10.1. The van der Waals surface area contributed by atoms with Gasteiger partial charge in [-0.15, -0.1) is 0 Å². The average Bonchev–Trinajstić information content (AvgIpc) is 3.28. The van der Waals surface area contributed by atoms with Gasteiger partial charge in [-0.3, -0.25) is 9.48 Å². The fourth-order valence-electron chi connectivity index (χ4n) is 2.96. The molecule has 0 saturated heterocycles. The Balaban J connectivity index is 1.79. The van der Waals surface area contributed by atoms with Gasteiger partial charge in [-0.25, -0.2) is 4.79 Å². The highest BCUT2D eigenvalue weighted by Crippen LogP contribution is 2.29. The van der Waals surface area contributed by atoms with Gasteiger partial charge in [0.1, 0.15) is 5.75 Å². The number of hydrogen-bond acceptors (Lipinski definition) is 4. The normalized spacial score (nSPS) is 14.9. The van der Waals surface area contributed by atoms with Crippen molar-refractivity contribution in [3.05, 3.63) is 41.2 Å². The van der Waals surface area contributed by atoms with Crippen molar-refractivity contribution in [3.63, 3.8) is 0 Å². The molecule has 0 spiro atoms. The highest BCUT2D eigenvalue weighted by molar-refractivity contribution is 6.31. The first-order chi connectivity index (χ1) is 12.8. The first-order valence-corrected chi connectivity index (χ1v) is 9.21. The molecule has 1 heterocycles. The highest BCUT2D eigenvalue weighted by atomic mass is 35.5. The van der Waals surface area contributed by atoms with Gasteiger partial charge in [0.05, 0.1) is 23.6 Å². The molecule has 2 aromatic rings. The van der Waals surface area contributed by atoms with E-state index in [4.69, 9.17) is 16.3 Å². The van der Waals surface area contributed by atoms with Gasteiger partial charge in [0.15, 0.2) is 5.54 Å². The number of hydrogen-bond donors (Lipinski definition) is 2. The Morgan fingerprint density at radius 2 is 2.04 bits per heavy atom. The first kappa shape index (κ1) is 19.2. The molecule has 8 heteroatoms. The third-order valence-electron chi connectivity index (χ3n) is 4.72.